The average molecular weight is 462 g/mol. The van der Waals surface area contributed by atoms with E-state index >= 15 is 0 Å². The van der Waals surface area contributed by atoms with Crippen LogP contribution in [0.3, 0.4) is 0 Å². The first-order valence-corrected chi connectivity index (χ1v) is 11.3. The number of rotatable bonds is 5. The molecule has 0 saturated carbocycles. The number of nitrogens with one attached hydrogen (secondary N) is 1. The van der Waals surface area contributed by atoms with Crippen molar-refractivity contribution in [2.45, 2.75) is 38.8 Å². The molecule has 0 unspecified atom stereocenters. The Hall–Kier alpha value is -3.05. The highest BCUT2D eigenvalue weighted by Crippen LogP contribution is 2.34. The van der Waals surface area contributed by atoms with Gasteiger partial charge in [-0.2, -0.15) is 5.10 Å². The number of hydrogen-bond donors (Lipinski definition) is 3. The van der Waals surface area contributed by atoms with E-state index < -0.39 is 17.5 Å². The third-order valence-corrected chi connectivity index (χ3v) is 6.38. The van der Waals surface area contributed by atoms with E-state index in [0.717, 1.165) is 61.6 Å². The summed E-state index contributed by atoms with van der Waals surface area (Å²) in [4.78, 5) is 19.3. The molecule has 1 amide bonds. The summed E-state index contributed by atoms with van der Waals surface area (Å²) >= 11 is 0.860. The standard InChI is InChI=1S/C21H25F2N7OS/c1-2-30-21(29-9-4-5-12(24)8-10-29)15(11-26-30)27-19(31)17-18(25)32-20(28-17)16-13(22)6-3-7-14(16)23/h3,6-7,11-12H,2,4-5,8-10,24-25H2,1H3,(H,27,31)/t12-/m0/s1. The Bertz CT molecular complexity index is 1110. The van der Waals surface area contributed by atoms with Gasteiger partial charge in [0.05, 0.1) is 11.8 Å². The maximum atomic E-state index is 14.1. The third kappa shape index (κ3) is 4.30. The summed E-state index contributed by atoms with van der Waals surface area (Å²) in [5.41, 5.74) is 12.2. The van der Waals surface area contributed by atoms with Gasteiger partial charge < -0.3 is 21.7 Å². The summed E-state index contributed by atoms with van der Waals surface area (Å²) in [6.07, 6.45) is 4.32. The SMILES string of the molecule is CCn1ncc(NC(=O)c2nc(-c3c(F)cccc3F)sc2N)c1N1CCC[C@H](N)CC1. The summed E-state index contributed by atoms with van der Waals surface area (Å²) in [5, 5.41) is 7.30. The topological polar surface area (TPSA) is 115 Å². The van der Waals surface area contributed by atoms with E-state index in [4.69, 9.17) is 11.5 Å². The summed E-state index contributed by atoms with van der Waals surface area (Å²) in [7, 11) is 0. The average Bonchev–Trinajstić information content (AvgIpc) is 3.26. The minimum Gasteiger partial charge on any atom is -0.389 e. The van der Waals surface area contributed by atoms with Crippen molar-refractivity contribution in [2.75, 3.05) is 29.0 Å². The van der Waals surface area contributed by atoms with E-state index in [1.54, 1.807) is 6.20 Å². The molecule has 1 saturated heterocycles. The number of anilines is 3. The summed E-state index contributed by atoms with van der Waals surface area (Å²) in [6.45, 7) is 4.16. The molecule has 0 bridgehead atoms. The minimum atomic E-state index is -0.767. The van der Waals surface area contributed by atoms with Crippen molar-refractivity contribution in [3.63, 3.8) is 0 Å². The zero-order valence-electron chi connectivity index (χ0n) is 17.6. The van der Waals surface area contributed by atoms with Gasteiger partial charge in [0.25, 0.3) is 5.91 Å². The highest BCUT2D eigenvalue weighted by molar-refractivity contribution is 7.19. The molecule has 32 heavy (non-hydrogen) atoms. The number of benzene rings is 1. The zero-order chi connectivity index (χ0) is 22.8. The molecule has 3 aromatic rings. The van der Waals surface area contributed by atoms with Crippen molar-refractivity contribution in [1.82, 2.24) is 14.8 Å². The normalized spacial score (nSPS) is 16.8. The van der Waals surface area contributed by atoms with Crippen LogP contribution in [0.4, 0.5) is 25.3 Å². The molecule has 0 aliphatic carbocycles. The Morgan fingerprint density at radius 1 is 1.28 bits per heavy atom. The molecule has 1 atom stereocenters. The predicted molar refractivity (Wildman–Crippen MR) is 122 cm³/mol. The van der Waals surface area contributed by atoms with Crippen LogP contribution >= 0.6 is 11.3 Å². The third-order valence-electron chi connectivity index (χ3n) is 5.48. The lowest BCUT2D eigenvalue weighted by atomic mass is 10.1. The monoisotopic (exact) mass is 461 g/mol. The van der Waals surface area contributed by atoms with Crippen LogP contribution in [-0.4, -0.2) is 39.8 Å². The van der Waals surface area contributed by atoms with Crippen molar-refractivity contribution in [1.29, 1.82) is 0 Å². The number of halogens is 2. The summed E-state index contributed by atoms with van der Waals surface area (Å²) < 4.78 is 30.1. The van der Waals surface area contributed by atoms with E-state index in [9.17, 15) is 13.6 Å². The Morgan fingerprint density at radius 3 is 2.75 bits per heavy atom. The van der Waals surface area contributed by atoms with Gasteiger partial charge in [-0.15, -0.1) is 0 Å². The van der Waals surface area contributed by atoms with Crippen LogP contribution in [0.5, 0.6) is 0 Å². The first-order chi connectivity index (χ1) is 15.4. The molecular formula is C21H25F2N7OS. The number of nitrogens with zero attached hydrogens (tertiary/aromatic N) is 4. The molecule has 1 fully saturated rings. The second-order valence-electron chi connectivity index (χ2n) is 7.66. The number of aromatic nitrogens is 3. The van der Waals surface area contributed by atoms with E-state index in [2.05, 4.69) is 20.3 Å². The smallest absolute Gasteiger partial charge is 0.277 e. The van der Waals surface area contributed by atoms with Crippen molar-refractivity contribution in [3.8, 4) is 10.6 Å². The van der Waals surface area contributed by atoms with Gasteiger partial charge in [-0.05, 0) is 38.3 Å². The number of carbonyl (C=O) groups is 1. The number of thiazole rings is 1. The number of aryl methyl sites for hydroxylation is 1. The number of nitrogens with two attached hydrogens (primary N) is 2. The van der Waals surface area contributed by atoms with Crippen molar-refractivity contribution >= 4 is 33.8 Å². The van der Waals surface area contributed by atoms with Crippen LogP contribution < -0.4 is 21.7 Å². The number of carbonyl (C=O) groups excluding carboxylic acids is 1. The fourth-order valence-electron chi connectivity index (χ4n) is 3.85. The lowest BCUT2D eigenvalue weighted by molar-refractivity contribution is 0.102. The van der Waals surface area contributed by atoms with Crippen molar-refractivity contribution in [2.24, 2.45) is 5.73 Å². The number of hydrogen-bond acceptors (Lipinski definition) is 7. The molecule has 1 aromatic carbocycles. The molecule has 0 spiro atoms. The van der Waals surface area contributed by atoms with E-state index in [-0.39, 0.29) is 27.3 Å². The lowest BCUT2D eigenvalue weighted by Gasteiger charge is -2.24. The van der Waals surface area contributed by atoms with Crippen LogP contribution in [0.2, 0.25) is 0 Å². The van der Waals surface area contributed by atoms with Gasteiger partial charge in [-0.25, -0.2) is 18.4 Å². The van der Waals surface area contributed by atoms with Gasteiger partial charge >= 0.3 is 0 Å². The number of amides is 1. The number of nitrogen functional groups attached to an aromatic ring is 1. The molecular weight excluding hydrogens is 436 g/mol. The van der Waals surface area contributed by atoms with Crippen LogP contribution in [0.25, 0.3) is 10.6 Å². The van der Waals surface area contributed by atoms with Gasteiger partial charge in [0.1, 0.15) is 27.3 Å². The van der Waals surface area contributed by atoms with Crippen LogP contribution in [0.1, 0.15) is 36.7 Å². The summed E-state index contributed by atoms with van der Waals surface area (Å²) in [6, 6.07) is 3.69. The Labute approximate surface area is 188 Å². The van der Waals surface area contributed by atoms with Crippen LogP contribution in [-0.2, 0) is 6.54 Å². The molecule has 1 aliphatic rings. The summed E-state index contributed by atoms with van der Waals surface area (Å²) in [5.74, 6) is -1.30. The molecule has 0 radical (unpaired) electrons. The lowest BCUT2D eigenvalue weighted by Crippen LogP contribution is -2.29. The van der Waals surface area contributed by atoms with Crippen molar-refractivity contribution in [3.05, 3.63) is 41.7 Å². The van der Waals surface area contributed by atoms with Crippen LogP contribution in [0.15, 0.2) is 24.4 Å². The molecule has 11 heteroatoms. The minimum absolute atomic E-state index is 0.00855. The van der Waals surface area contributed by atoms with Gasteiger partial charge in [0.2, 0.25) is 0 Å². The molecule has 170 valence electrons. The highest BCUT2D eigenvalue weighted by Gasteiger charge is 2.25. The maximum Gasteiger partial charge on any atom is 0.277 e. The predicted octanol–water partition coefficient (Wildman–Crippen LogP) is 3.46. The Kier molecular flexibility index (Phi) is 6.38. The van der Waals surface area contributed by atoms with E-state index in [0.29, 0.717) is 12.2 Å². The van der Waals surface area contributed by atoms with E-state index in [1.165, 1.54) is 6.07 Å². The second kappa shape index (κ2) is 9.21. The quantitative estimate of drug-likeness (QED) is 0.536. The first-order valence-electron chi connectivity index (χ1n) is 10.5. The molecule has 1 aliphatic heterocycles. The fraction of sp³-hybridized carbons (Fsp3) is 0.381. The molecule has 2 aromatic heterocycles. The zero-order valence-corrected chi connectivity index (χ0v) is 18.5. The maximum absolute atomic E-state index is 14.1. The molecule has 5 N–H and O–H groups in total. The first kappa shape index (κ1) is 22.2. The second-order valence-corrected chi connectivity index (χ2v) is 8.69. The Balaban J connectivity index is 1.62. The van der Waals surface area contributed by atoms with E-state index in [1.807, 2.05) is 11.6 Å². The van der Waals surface area contributed by atoms with Crippen LogP contribution in [0, 0.1) is 11.6 Å². The highest BCUT2D eigenvalue weighted by atomic mass is 32.1. The largest absolute Gasteiger partial charge is 0.389 e. The van der Waals surface area contributed by atoms with Gasteiger partial charge in [-0.3, -0.25) is 4.79 Å². The molecule has 3 heterocycles. The van der Waals surface area contributed by atoms with Gasteiger partial charge in [0, 0.05) is 25.7 Å². The molecule has 4 rings (SSSR count). The fourth-order valence-corrected chi connectivity index (χ4v) is 4.73. The molecule has 8 nitrogen and oxygen atoms in total. The Morgan fingerprint density at radius 2 is 2.03 bits per heavy atom. The van der Waals surface area contributed by atoms with Gasteiger partial charge in [0.15, 0.2) is 11.5 Å². The van der Waals surface area contributed by atoms with Gasteiger partial charge in [-0.1, -0.05) is 17.4 Å². The van der Waals surface area contributed by atoms with Crippen molar-refractivity contribution < 1.29 is 13.6 Å².